The van der Waals surface area contributed by atoms with Crippen LogP contribution < -0.4 is 0 Å². The number of halogens is 1. The van der Waals surface area contributed by atoms with Crippen LogP contribution >= 0.6 is 11.8 Å². The minimum atomic E-state index is -0.233. The molecule has 0 spiro atoms. The maximum absolute atomic E-state index is 13.6. The second-order valence-electron chi connectivity index (χ2n) is 3.85. The molecule has 2 nitrogen and oxygen atoms in total. The first-order chi connectivity index (χ1) is 7.79. The summed E-state index contributed by atoms with van der Waals surface area (Å²) in [6, 6.07) is 4.92. The lowest BCUT2D eigenvalue weighted by atomic mass is 10.2. The van der Waals surface area contributed by atoms with E-state index in [1.54, 1.807) is 23.9 Å². The average molecular weight is 242 g/mol. The molecule has 0 atom stereocenters. The van der Waals surface area contributed by atoms with E-state index in [1.807, 2.05) is 0 Å². The van der Waals surface area contributed by atoms with Crippen molar-refractivity contribution in [2.24, 2.45) is 0 Å². The lowest BCUT2D eigenvalue weighted by Gasteiger charge is -2.21. The summed E-state index contributed by atoms with van der Waals surface area (Å²) >= 11 is 1.57. The highest BCUT2D eigenvalue weighted by molar-refractivity contribution is 8.00. The summed E-state index contributed by atoms with van der Waals surface area (Å²) in [5, 5.41) is 9.33. The minimum Gasteiger partial charge on any atom is -0.392 e. The second kappa shape index (κ2) is 5.66. The van der Waals surface area contributed by atoms with Gasteiger partial charge in [0, 0.05) is 23.4 Å². The number of hydrogen-bond donors (Lipinski definition) is 1. The molecule has 88 valence electrons. The Morgan fingerprint density at radius 1 is 1.38 bits per heavy atom. The highest BCUT2D eigenvalue weighted by Crippen LogP contribution is 2.31. The topological polar surface area (TPSA) is 29.5 Å². The molecule has 1 aromatic carbocycles. The van der Waals surface area contributed by atoms with Crippen LogP contribution in [0.5, 0.6) is 0 Å². The van der Waals surface area contributed by atoms with Crippen LogP contribution in [0.15, 0.2) is 23.1 Å². The van der Waals surface area contributed by atoms with Gasteiger partial charge in [-0.25, -0.2) is 4.39 Å². The van der Waals surface area contributed by atoms with E-state index in [-0.39, 0.29) is 12.4 Å². The molecular weight excluding hydrogens is 227 g/mol. The molecule has 1 saturated heterocycles. The van der Waals surface area contributed by atoms with Gasteiger partial charge < -0.3 is 9.84 Å². The predicted molar refractivity (Wildman–Crippen MR) is 62.0 cm³/mol. The van der Waals surface area contributed by atoms with Crippen LogP contribution in [0.25, 0.3) is 0 Å². The van der Waals surface area contributed by atoms with Gasteiger partial charge >= 0.3 is 0 Å². The van der Waals surface area contributed by atoms with Crippen molar-refractivity contribution in [1.29, 1.82) is 0 Å². The number of ether oxygens (including phenoxy) is 1. The minimum absolute atomic E-state index is 0.112. The summed E-state index contributed by atoms with van der Waals surface area (Å²) < 4.78 is 18.9. The van der Waals surface area contributed by atoms with E-state index in [4.69, 9.17) is 9.84 Å². The monoisotopic (exact) mass is 242 g/mol. The SMILES string of the molecule is OCc1ccc(SC2CCOCC2)c(F)c1. The van der Waals surface area contributed by atoms with Crippen LogP contribution in [0.3, 0.4) is 0 Å². The van der Waals surface area contributed by atoms with Crippen molar-refractivity contribution in [3.63, 3.8) is 0 Å². The van der Waals surface area contributed by atoms with E-state index < -0.39 is 0 Å². The Labute approximate surface area is 98.8 Å². The Kier molecular flexibility index (Phi) is 4.21. The quantitative estimate of drug-likeness (QED) is 0.883. The van der Waals surface area contributed by atoms with Crippen LogP contribution in [-0.2, 0) is 11.3 Å². The number of aliphatic hydroxyl groups is 1. The second-order valence-corrected chi connectivity index (χ2v) is 5.19. The van der Waals surface area contributed by atoms with E-state index in [9.17, 15) is 4.39 Å². The van der Waals surface area contributed by atoms with Gasteiger partial charge in [-0.1, -0.05) is 6.07 Å². The molecule has 0 aliphatic carbocycles. The standard InChI is InChI=1S/C12H15FO2S/c13-11-7-9(8-14)1-2-12(11)16-10-3-5-15-6-4-10/h1-2,7,10,14H,3-6,8H2. The molecule has 1 fully saturated rings. The van der Waals surface area contributed by atoms with Gasteiger partial charge in [-0.2, -0.15) is 0 Å². The Hall–Kier alpha value is -0.580. The predicted octanol–water partition coefficient (Wildman–Crippen LogP) is 2.59. The number of benzene rings is 1. The molecule has 0 saturated carbocycles. The van der Waals surface area contributed by atoms with E-state index in [2.05, 4.69) is 0 Å². The van der Waals surface area contributed by atoms with Crippen LogP contribution in [0.4, 0.5) is 4.39 Å². The van der Waals surface area contributed by atoms with Gasteiger partial charge in [0.1, 0.15) is 5.82 Å². The first kappa shape index (κ1) is 11.9. The van der Waals surface area contributed by atoms with E-state index >= 15 is 0 Å². The van der Waals surface area contributed by atoms with Crippen molar-refractivity contribution in [2.75, 3.05) is 13.2 Å². The zero-order chi connectivity index (χ0) is 11.4. The smallest absolute Gasteiger partial charge is 0.137 e. The molecular formula is C12H15FO2S. The average Bonchev–Trinajstić information content (AvgIpc) is 2.33. The van der Waals surface area contributed by atoms with Crippen LogP contribution in [0.2, 0.25) is 0 Å². The molecule has 4 heteroatoms. The van der Waals surface area contributed by atoms with Gasteiger partial charge in [-0.15, -0.1) is 11.8 Å². The summed E-state index contributed by atoms with van der Waals surface area (Å²) in [6.07, 6.45) is 1.96. The normalized spacial score (nSPS) is 17.6. The maximum Gasteiger partial charge on any atom is 0.137 e. The van der Waals surface area contributed by atoms with Gasteiger partial charge in [0.15, 0.2) is 0 Å². The Morgan fingerprint density at radius 3 is 2.75 bits per heavy atom. The molecule has 1 aliphatic rings. The fourth-order valence-corrected chi connectivity index (χ4v) is 2.82. The molecule has 2 rings (SSSR count). The molecule has 0 unspecified atom stereocenters. The van der Waals surface area contributed by atoms with Gasteiger partial charge in [0.25, 0.3) is 0 Å². The Balaban J connectivity index is 2.03. The first-order valence-corrected chi connectivity index (χ1v) is 6.31. The first-order valence-electron chi connectivity index (χ1n) is 5.43. The van der Waals surface area contributed by atoms with Crippen LogP contribution in [0, 0.1) is 5.82 Å². The van der Waals surface area contributed by atoms with Crippen LogP contribution in [-0.4, -0.2) is 23.6 Å². The number of thioether (sulfide) groups is 1. The van der Waals surface area contributed by atoms with Crippen molar-refractivity contribution in [3.8, 4) is 0 Å². The van der Waals surface area contributed by atoms with Gasteiger partial charge in [0.05, 0.1) is 6.61 Å². The molecule has 1 aromatic rings. The van der Waals surface area contributed by atoms with Crippen molar-refractivity contribution in [2.45, 2.75) is 29.6 Å². The maximum atomic E-state index is 13.6. The van der Waals surface area contributed by atoms with E-state index in [0.717, 1.165) is 26.1 Å². The third kappa shape index (κ3) is 2.97. The van der Waals surface area contributed by atoms with E-state index in [0.29, 0.717) is 15.7 Å². The number of rotatable bonds is 3. The third-order valence-electron chi connectivity index (χ3n) is 2.64. The van der Waals surface area contributed by atoms with Gasteiger partial charge in [0.2, 0.25) is 0 Å². The van der Waals surface area contributed by atoms with Crippen molar-refractivity contribution in [1.82, 2.24) is 0 Å². The number of hydrogen-bond acceptors (Lipinski definition) is 3. The summed E-state index contributed by atoms with van der Waals surface area (Å²) in [7, 11) is 0. The zero-order valence-corrected chi connectivity index (χ0v) is 9.80. The molecule has 16 heavy (non-hydrogen) atoms. The molecule has 0 radical (unpaired) electrons. The Morgan fingerprint density at radius 2 is 2.12 bits per heavy atom. The molecule has 1 aliphatic heterocycles. The molecule has 1 heterocycles. The van der Waals surface area contributed by atoms with E-state index in [1.165, 1.54) is 6.07 Å². The Bertz CT molecular complexity index is 351. The summed E-state index contributed by atoms with van der Waals surface area (Å²) in [6.45, 7) is 1.43. The third-order valence-corrected chi connectivity index (χ3v) is 4.03. The highest BCUT2D eigenvalue weighted by atomic mass is 32.2. The molecule has 0 amide bonds. The largest absolute Gasteiger partial charge is 0.392 e. The van der Waals surface area contributed by atoms with Crippen molar-refractivity contribution in [3.05, 3.63) is 29.6 Å². The van der Waals surface area contributed by atoms with Crippen molar-refractivity contribution >= 4 is 11.8 Å². The summed E-state index contributed by atoms with van der Waals surface area (Å²) in [5.41, 5.74) is 0.619. The summed E-state index contributed by atoms with van der Waals surface area (Å²) in [4.78, 5) is 0.670. The van der Waals surface area contributed by atoms with Gasteiger partial charge in [-0.05, 0) is 30.5 Å². The molecule has 0 aromatic heterocycles. The van der Waals surface area contributed by atoms with Crippen LogP contribution in [0.1, 0.15) is 18.4 Å². The van der Waals surface area contributed by atoms with Gasteiger partial charge in [-0.3, -0.25) is 0 Å². The molecule has 0 bridgehead atoms. The number of aliphatic hydroxyl groups excluding tert-OH is 1. The summed E-state index contributed by atoms with van der Waals surface area (Å²) in [5.74, 6) is -0.233. The van der Waals surface area contributed by atoms with Crippen molar-refractivity contribution < 1.29 is 14.2 Å². The zero-order valence-electron chi connectivity index (χ0n) is 8.99. The fourth-order valence-electron chi connectivity index (χ4n) is 1.71. The lowest BCUT2D eigenvalue weighted by molar-refractivity contribution is 0.1000. The fraction of sp³-hybridized carbons (Fsp3) is 0.500. The molecule has 1 N–H and O–H groups in total. The lowest BCUT2D eigenvalue weighted by Crippen LogP contribution is -2.17. The highest BCUT2D eigenvalue weighted by Gasteiger charge is 2.16.